The van der Waals surface area contributed by atoms with E-state index < -0.39 is 0 Å². The molecule has 1 fully saturated rings. The van der Waals surface area contributed by atoms with Gasteiger partial charge in [0.15, 0.2) is 0 Å². The third-order valence-electron chi connectivity index (χ3n) is 3.96. The van der Waals surface area contributed by atoms with E-state index in [-0.39, 0.29) is 5.91 Å². The van der Waals surface area contributed by atoms with Crippen molar-refractivity contribution < 1.29 is 4.79 Å². The Morgan fingerprint density at radius 2 is 2.24 bits per heavy atom. The van der Waals surface area contributed by atoms with Gasteiger partial charge in [0.25, 0.3) is 5.91 Å². The molecule has 1 heterocycles. The summed E-state index contributed by atoms with van der Waals surface area (Å²) in [6.45, 7) is 8.99. The minimum atomic E-state index is -0.0524. The molecule has 1 amide bonds. The van der Waals surface area contributed by atoms with Crippen LogP contribution >= 0.6 is 11.6 Å². The van der Waals surface area contributed by atoms with Gasteiger partial charge in [0.1, 0.15) is 0 Å². The maximum absolute atomic E-state index is 12.4. The molecule has 1 atom stereocenters. The molecule has 4 nitrogen and oxygen atoms in total. The van der Waals surface area contributed by atoms with Crippen LogP contribution in [0.15, 0.2) is 18.2 Å². The van der Waals surface area contributed by atoms with Crippen LogP contribution in [-0.2, 0) is 0 Å². The van der Waals surface area contributed by atoms with E-state index in [1.54, 1.807) is 12.1 Å². The summed E-state index contributed by atoms with van der Waals surface area (Å²) in [6, 6.07) is 5.38. The lowest BCUT2D eigenvalue weighted by Crippen LogP contribution is -2.31. The number of likely N-dealkylation sites (tertiary alicyclic amines) is 1. The Kier molecular flexibility index (Phi) is 5.88. The van der Waals surface area contributed by atoms with Crippen LogP contribution in [0.5, 0.6) is 0 Å². The Morgan fingerprint density at radius 1 is 1.43 bits per heavy atom. The lowest BCUT2D eigenvalue weighted by Gasteiger charge is -2.15. The Balaban J connectivity index is 1.95. The molecule has 0 aliphatic carbocycles. The van der Waals surface area contributed by atoms with Gasteiger partial charge < -0.3 is 15.5 Å². The molecule has 116 valence electrons. The van der Waals surface area contributed by atoms with Gasteiger partial charge >= 0.3 is 0 Å². The molecule has 1 aliphatic heterocycles. The molecule has 21 heavy (non-hydrogen) atoms. The van der Waals surface area contributed by atoms with Crippen LogP contribution in [0.3, 0.4) is 0 Å². The molecule has 2 rings (SSSR count). The van der Waals surface area contributed by atoms with E-state index in [0.29, 0.717) is 16.5 Å². The average molecular weight is 310 g/mol. The van der Waals surface area contributed by atoms with Crippen LogP contribution in [-0.4, -0.2) is 43.5 Å². The van der Waals surface area contributed by atoms with Gasteiger partial charge in [-0.1, -0.05) is 18.5 Å². The van der Waals surface area contributed by atoms with Crippen molar-refractivity contribution in [1.29, 1.82) is 0 Å². The van der Waals surface area contributed by atoms with Crippen molar-refractivity contribution in [1.82, 2.24) is 10.2 Å². The van der Waals surface area contributed by atoms with Gasteiger partial charge in [-0.15, -0.1) is 0 Å². The molecule has 0 radical (unpaired) electrons. The number of halogens is 1. The fourth-order valence-corrected chi connectivity index (χ4v) is 2.92. The maximum atomic E-state index is 12.4. The van der Waals surface area contributed by atoms with Crippen molar-refractivity contribution in [3.05, 3.63) is 28.8 Å². The fourth-order valence-electron chi connectivity index (χ4n) is 2.75. The molecule has 1 aromatic rings. The van der Waals surface area contributed by atoms with Crippen molar-refractivity contribution in [2.24, 2.45) is 5.92 Å². The van der Waals surface area contributed by atoms with Crippen LogP contribution in [0, 0.1) is 5.92 Å². The van der Waals surface area contributed by atoms with Gasteiger partial charge in [-0.05, 0) is 50.6 Å². The Bertz CT molecular complexity index is 492. The monoisotopic (exact) mass is 309 g/mol. The first-order valence-electron chi connectivity index (χ1n) is 7.68. The molecule has 0 saturated carbocycles. The number of amides is 1. The maximum Gasteiger partial charge on any atom is 0.253 e. The standard InChI is InChI=1S/C16H24ClN3O/c1-3-18-15-6-5-13(17)9-14(15)16(21)19-10-12-7-8-20(4-2)11-12/h5-6,9,12,18H,3-4,7-8,10-11H2,1-2H3,(H,19,21). The van der Waals surface area contributed by atoms with Gasteiger partial charge in [0, 0.05) is 30.3 Å². The molecule has 1 saturated heterocycles. The van der Waals surface area contributed by atoms with Gasteiger partial charge in [0.2, 0.25) is 0 Å². The predicted molar refractivity (Wildman–Crippen MR) is 88.2 cm³/mol. The second kappa shape index (κ2) is 7.66. The van der Waals surface area contributed by atoms with Gasteiger partial charge in [-0.25, -0.2) is 0 Å². The van der Waals surface area contributed by atoms with Crippen LogP contribution in [0.4, 0.5) is 5.69 Å². The SMILES string of the molecule is CCNc1ccc(Cl)cc1C(=O)NCC1CCN(CC)C1. The lowest BCUT2D eigenvalue weighted by molar-refractivity contribution is 0.0948. The van der Waals surface area contributed by atoms with E-state index in [1.807, 2.05) is 13.0 Å². The number of benzene rings is 1. The summed E-state index contributed by atoms with van der Waals surface area (Å²) in [5, 5.41) is 6.83. The number of nitrogens with one attached hydrogen (secondary N) is 2. The summed E-state index contributed by atoms with van der Waals surface area (Å²) in [5.74, 6) is 0.499. The zero-order valence-electron chi connectivity index (χ0n) is 12.8. The molecule has 2 N–H and O–H groups in total. The third kappa shape index (κ3) is 4.35. The molecular formula is C16H24ClN3O. The van der Waals surface area contributed by atoms with Gasteiger partial charge in [0.05, 0.1) is 5.56 Å². The third-order valence-corrected chi connectivity index (χ3v) is 4.20. The summed E-state index contributed by atoms with van der Waals surface area (Å²) < 4.78 is 0. The summed E-state index contributed by atoms with van der Waals surface area (Å²) in [4.78, 5) is 14.8. The van der Waals surface area contributed by atoms with E-state index in [9.17, 15) is 4.79 Å². The zero-order valence-corrected chi connectivity index (χ0v) is 13.5. The highest BCUT2D eigenvalue weighted by atomic mass is 35.5. The number of carbonyl (C=O) groups is 1. The highest BCUT2D eigenvalue weighted by Crippen LogP contribution is 2.21. The Hall–Kier alpha value is -1.26. The highest BCUT2D eigenvalue weighted by Gasteiger charge is 2.22. The number of rotatable bonds is 6. The molecule has 0 bridgehead atoms. The number of hydrogen-bond donors (Lipinski definition) is 2. The van der Waals surface area contributed by atoms with Crippen LogP contribution in [0.1, 0.15) is 30.6 Å². The van der Waals surface area contributed by atoms with E-state index in [1.165, 1.54) is 0 Å². The van der Waals surface area contributed by atoms with Gasteiger partial charge in [-0.2, -0.15) is 0 Å². The summed E-state index contributed by atoms with van der Waals surface area (Å²) >= 11 is 6.01. The molecule has 1 unspecified atom stereocenters. The number of hydrogen-bond acceptors (Lipinski definition) is 3. The van der Waals surface area contributed by atoms with Crippen molar-refractivity contribution in [3.63, 3.8) is 0 Å². The Labute approximate surface area is 131 Å². The largest absolute Gasteiger partial charge is 0.385 e. The number of anilines is 1. The van der Waals surface area contributed by atoms with Crippen molar-refractivity contribution in [2.45, 2.75) is 20.3 Å². The molecule has 5 heteroatoms. The summed E-state index contributed by atoms with van der Waals surface area (Å²) in [6.07, 6.45) is 1.16. The quantitative estimate of drug-likeness (QED) is 0.849. The van der Waals surface area contributed by atoms with E-state index in [0.717, 1.165) is 44.8 Å². The van der Waals surface area contributed by atoms with Crippen molar-refractivity contribution in [2.75, 3.05) is 38.0 Å². The van der Waals surface area contributed by atoms with Crippen molar-refractivity contribution in [3.8, 4) is 0 Å². The normalized spacial score (nSPS) is 18.7. The molecule has 0 aromatic heterocycles. The first kappa shape index (κ1) is 16.1. The van der Waals surface area contributed by atoms with E-state index >= 15 is 0 Å². The van der Waals surface area contributed by atoms with Crippen molar-refractivity contribution >= 4 is 23.2 Å². The molecule has 1 aliphatic rings. The molecular weight excluding hydrogens is 286 g/mol. The first-order chi connectivity index (χ1) is 10.1. The van der Waals surface area contributed by atoms with Crippen LogP contribution in [0.25, 0.3) is 0 Å². The van der Waals surface area contributed by atoms with Gasteiger partial charge in [-0.3, -0.25) is 4.79 Å². The Morgan fingerprint density at radius 3 is 2.90 bits per heavy atom. The first-order valence-corrected chi connectivity index (χ1v) is 8.05. The predicted octanol–water partition coefficient (Wildman–Crippen LogP) is 2.84. The lowest BCUT2D eigenvalue weighted by atomic mass is 10.1. The van der Waals surface area contributed by atoms with E-state index in [2.05, 4.69) is 22.5 Å². The van der Waals surface area contributed by atoms with Crippen LogP contribution in [0.2, 0.25) is 5.02 Å². The summed E-state index contributed by atoms with van der Waals surface area (Å²) in [7, 11) is 0. The second-order valence-corrected chi connectivity index (χ2v) is 5.91. The minimum Gasteiger partial charge on any atom is -0.385 e. The zero-order chi connectivity index (χ0) is 15.2. The fraction of sp³-hybridized carbons (Fsp3) is 0.562. The molecule has 1 aromatic carbocycles. The smallest absolute Gasteiger partial charge is 0.253 e. The second-order valence-electron chi connectivity index (χ2n) is 5.48. The average Bonchev–Trinajstić information content (AvgIpc) is 2.95. The topological polar surface area (TPSA) is 44.4 Å². The molecule has 0 spiro atoms. The highest BCUT2D eigenvalue weighted by molar-refractivity contribution is 6.31. The van der Waals surface area contributed by atoms with Crippen LogP contribution < -0.4 is 10.6 Å². The number of carbonyl (C=O) groups excluding carboxylic acids is 1. The number of nitrogens with zero attached hydrogens (tertiary/aromatic N) is 1. The minimum absolute atomic E-state index is 0.0524. The summed E-state index contributed by atoms with van der Waals surface area (Å²) in [5.41, 5.74) is 1.45. The van der Waals surface area contributed by atoms with E-state index in [4.69, 9.17) is 11.6 Å².